The number of alkyl halides is 1. The van der Waals surface area contributed by atoms with Crippen LogP contribution < -0.4 is 5.32 Å². The van der Waals surface area contributed by atoms with Crippen molar-refractivity contribution >= 4 is 19.6 Å². The fraction of sp³-hybridized carbons (Fsp3) is 1.00. The number of rotatable bonds is 2. The Morgan fingerprint density at radius 1 is 1.54 bits per heavy atom. The maximum atomic E-state index is 9.78. The molecule has 1 heterocycles. The number of aliphatic hydroxyl groups is 1. The van der Waals surface area contributed by atoms with E-state index in [2.05, 4.69) is 5.32 Å². The predicted molar refractivity (Wildman–Crippen MR) is 51.6 cm³/mol. The second-order valence-electron chi connectivity index (χ2n) is 2.37. The zero-order chi connectivity index (χ0) is 10.1. The minimum absolute atomic E-state index is 0.172. The summed E-state index contributed by atoms with van der Waals surface area (Å²) in [7, 11) is -2.79. The van der Waals surface area contributed by atoms with Gasteiger partial charge in [-0.25, -0.2) is 0 Å². The predicted octanol–water partition coefficient (Wildman–Crippen LogP) is -0.383. The van der Waals surface area contributed by atoms with E-state index < -0.39 is 13.9 Å². The van der Waals surface area contributed by atoms with Gasteiger partial charge in [0.1, 0.15) is 5.85 Å². The molecule has 3 N–H and O–H groups in total. The lowest BCUT2D eigenvalue weighted by atomic mass is 10.5. The van der Waals surface area contributed by atoms with Crippen LogP contribution in [0.2, 0.25) is 0 Å². The van der Waals surface area contributed by atoms with E-state index in [1.54, 1.807) is 0 Å². The van der Waals surface area contributed by atoms with Gasteiger partial charge < -0.3 is 20.1 Å². The molecular formula is C6H15ClNO4P. The molecule has 0 amide bonds. The number of morpholine rings is 1. The van der Waals surface area contributed by atoms with E-state index >= 15 is 0 Å². The highest BCUT2D eigenvalue weighted by Gasteiger charge is 2.05. The number of hydrogen-bond acceptors (Lipinski definition) is 4. The van der Waals surface area contributed by atoms with Crippen molar-refractivity contribution in [3.63, 3.8) is 0 Å². The highest BCUT2D eigenvalue weighted by Crippen LogP contribution is 2.19. The molecule has 0 bridgehead atoms. The lowest BCUT2D eigenvalue weighted by Crippen LogP contribution is -2.30. The van der Waals surface area contributed by atoms with Crippen LogP contribution in [0.4, 0.5) is 0 Å². The molecule has 5 nitrogen and oxygen atoms in total. The fourth-order valence-electron chi connectivity index (χ4n) is 0.582. The van der Waals surface area contributed by atoms with Gasteiger partial charge in [-0.05, 0) is 0 Å². The zero-order valence-corrected chi connectivity index (χ0v) is 8.96. The second-order valence-corrected chi connectivity index (χ2v) is 4.02. The van der Waals surface area contributed by atoms with Crippen LogP contribution in [0, 0.1) is 0 Å². The average molecular weight is 232 g/mol. The summed E-state index contributed by atoms with van der Waals surface area (Å²) in [5, 5.41) is 11.4. The van der Waals surface area contributed by atoms with E-state index in [4.69, 9.17) is 26.3 Å². The lowest BCUT2D eigenvalue weighted by molar-refractivity contribution is 0.109. The average Bonchev–Trinajstić information content (AvgIpc) is 2.20. The van der Waals surface area contributed by atoms with Gasteiger partial charge >= 0.3 is 0 Å². The highest BCUT2D eigenvalue weighted by atomic mass is 35.5. The number of nitrogens with one attached hydrogen (secondary N) is 1. The van der Waals surface area contributed by atoms with Crippen LogP contribution in [0.3, 0.4) is 0 Å². The molecule has 0 aromatic rings. The van der Waals surface area contributed by atoms with Crippen molar-refractivity contribution in [1.82, 2.24) is 5.32 Å². The van der Waals surface area contributed by atoms with E-state index in [9.17, 15) is 4.57 Å². The van der Waals surface area contributed by atoms with Crippen molar-refractivity contribution in [2.45, 2.75) is 5.85 Å². The highest BCUT2D eigenvalue weighted by molar-refractivity contribution is 7.38. The van der Waals surface area contributed by atoms with Crippen LogP contribution in [0.25, 0.3) is 0 Å². The van der Waals surface area contributed by atoms with E-state index in [1.807, 2.05) is 0 Å². The minimum Gasteiger partial charge on any atom is -0.382 e. The lowest BCUT2D eigenvalue weighted by Gasteiger charge is -2.10. The molecule has 2 atom stereocenters. The van der Waals surface area contributed by atoms with Gasteiger partial charge in [0, 0.05) is 13.1 Å². The summed E-state index contributed by atoms with van der Waals surface area (Å²) in [6, 6.07) is 0. The van der Waals surface area contributed by atoms with Gasteiger partial charge in [0.25, 0.3) is 0 Å². The Hall–Kier alpha value is 0.360. The summed E-state index contributed by atoms with van der Waals surface area (Å²) in [6.45, 7) is 3.83. The molecule has 7 heteroatoms. The number of ether oxygens (including phenoxy) is 1. The van der Waals surface area contributed by atoms with Gasteiger partial charge in [0.15, 0.2) is 0 Å². The summed E-state index contributed by atoms with van der Waals surface area (Å²) in [6.07, 6.45) is 0. The standard InChI is InChI=1S/C4H9NO.C2H6ClO3P/c1-3-6-4-2-5-1;3-1-2(4)7(5)6/h5H,1-4H2;2,4,7H,1H2,(H,5,6). The summed E-state index contributed by atoms with van der Waals surface area (Å²) < 4.78 is 14.8. The van der Waals surface area contributed by atoms with Gasteiger partial charge in [-0.2, -0.15) is 0 Å². The molecule has 0 saturated carbocycles. The SMILES string of the molecule is C1COCCN1.O=[PH](O)C(O)CCl. The Bertz CT molecular complexity index is 133. The fourth-order valence-corrected chi connectivity index (χ4v) is 1.11. The largest absolute Gasteiger partial charge is 0.382 e. The molecule has 1 aliphatic heterocycles. The first-order chi connectivity index (χ1) is 6.18. The summed E-state index contributed by atoms with van der Waals surface area (Å²) >= 11 is 4.96. The Morgan fingerprint density at radius 2 is 2.08 bits per heavy atom. The van der Waals surface area contributed by atoms with Crippen LogP contribution in [-0.4, -0.2) is 48.0 Å². The Balaban J connectivity index is 0.000000223. The second kappa shape index (κ2) is 8.94. The number of hydrogen-bond donors (Lipinski definition) is 3. The normalized spacial score (nSPS) is 21.2. The Labute approximate surface area is 82.9 Å². The monoisotopic (exact) mass is 231 g/mol. The van der Waals surface area contributed by atoms with Crippen LogP contribution in [0.5, 0.6) is 0 Å². The van der Waals surface area contributed by atoms with Crippen molar-refractivity contribution in [1.29, 1.82) is 0 Å². The van der Waals surface area contributed by atoms with E-state index in [1.165, 1.54) is 0 Å². The van der Waals surface area contributed by atoms with Crippen LogP contribution in [0.15, 0.2) is 0 Å². The zero-order valence-electron chi connectivity index (χ0n) is 7.20. The first-order valence-electron chi connectivity index (χ1n) is 3.93. The van der Waals surface area contributed by atoms with Gasteiger partial charge in [-0.3, -0.25) is 4.57 Å². The van der Waals surface area contributed by atoms with Crippen molar-refractivity contribution in [3.05, 3.63) is 0 Å². The van der Waals surface area contributed by atoms with E-state index in [0.717, 1.165) is 26.3 Å². The summed E-state index contributed by atoms with van der Waals surface area (Å²) in [4.78, 5) is 8.03. The molecular weight excluding hydrogens is 216 g/mol. The minimum atomic E-state index is -2.79. The van der Waals surface area contributed by atoms with Crippen LogP contribution >= 0.6 is 19.6 Å². The van der Waals surface area contributed by atoms with Crippen molar-refractivity contribution in [2.24, 2.45) is 0 Å². The third kappa shape index (κ3) is 8.68. The maximum absolute atomic E-state index is 9.78. The molecule has 1 aliphatic rings. The quantitative estimate of drug-likeness (QED) is 0.446. The molecule has 1 fully saturated rings. The molecule has 0 radical (unpaired) electrons. The Kier molecular flexibility index (Phi) is 9.18. The maximum Gasteiger partial charge on any atom is 0.217 e. The first-order valence-corrected chi connectivity index (χ1v) is 5.90. The molecule has 1 rings (SSSR count). The first kappa shape index (κ1) is 13.4. The van der Waals surface area contributed by atoms with Crippen molar-refractivity contribution in [2.75, 3.05) is 32.2 Å². The summed E-state index contributed by atoms with van der Waals surface area (Å²) in [5.74, 6) is -1.40. The number of aliphatic hydroxyl groups excluding tert-OH is 1. The smallest absolute Gasteiger partial charge is 0.217 e. The topological polar surface area (TPSA) is 78.8 Å². The van der Waals surface area contributed by atoms with Gasteiger partial charge in [-0.1, -0.05) is 0 Å². The van der Waals surface area contributed by atoms with Crippen LogP contribution in [-0.2, 0) is 9.30 Å². The van der Waals surface area contributed by atoms with Gasteiger partial charge in [0.05, 0.1) is 19.1 Å². The van der Waals surface area contributed by atoms with Crippen molar-refractivity contribution in [3.8, 4) is 0 Å². The third-order valence-electron chi connectivity index (χ3n) is 1.28. The van der Waals surface area contributed by atoms with E-state index in [-0.39, 0.29) is 5.88 Å². The molecule has 0 aromatic heterocycles. The molecule has 0 spiro atoms. The molecule has 13 heavy (non-hydrogen) atoms. The van der Waals surface area contributed by atoms with Gasteiger partial charge in [-0.15, -0.1) is 11.6 Å². The molecule has 1 saturated heterocycles. The van der Waals surface area contributed by atoms with Gasteiger partial charge in [0.2, 0.25) is 8.03 Å². The third-order valence-corrected chi connectivity index (χ3v) is 2.60. The number of halogens is 1. The molecule has 80 valence electrons. The Morgan fingerprint density at radius 3 is 2.15 bits per heavy atom. The van der Waals surface area contributed by atoms with E-state index in [0.29, 0.717) is 0 Å². The molecule has 0 aliphatic carbocycles. The summed E-state index contributed by atoms with van der Waals surface area (Å²) in [5.41, 5.74) is 0. The molecule has 0 aromatic carbocycles. The molecule has 2 unspecified atom stereocenters. The van der Waals surface area contributed by atoms with Crippen LogP contribution in [0.1, 0.15) is 0 Å². The van der Waals surface area contributed by atoms with Crippen molar-refractivity contribution < 1.29 is 19.3 Å².